The Morgan fingerprint density at radius 1 is 1.12 bits per heavy atom. The van der Waals surface area contributed by atoms with Gasteiger partial charge in [0.2, 0.25) is 10.0 Å². The minimum atomic E-state index is -3.43. The second-order valence-corrected chi connectivity index (χ2v) is 9.04. The van der Waals surface area contributed by atoms with E-state index in [1.165, 1.54) is 4.88 Å². The lowest BCUT2D eigenvalue weighted by Crippen LogP contribution is -2.33. The molecule has 2 heterocycles. The Balaban J connectivity index is 1.78. The third kappa shape index (κ3) is 5.04. The molecule has 0 saturated heterocycles. The third-order valence-electron chi connectivity index (χ3n) is 3.95. The summed E-state index contributed by atoms with van der Waals surface area (Å²) in [7, 11) is -3.43. The topological polar surface area (TPSA) is 50.5 Å². The molecular formula is C19H21NO3S2. The first-order chi connectivity index (χ1) is 12.0. The van der Waals surface area contributed by atoms with Crippen molar-refractivity contribution >= 4 is 21.4 Å². The summed E-state index contributed by atoms with van der Waals surface area (Å²) in [5, 5.41) is 2.01. The predicted octanol–water partition coefficient (Wildman–Crippen LogP) is 4.22. The number of aryl methyl sites for hydroxylation is 1. The molecule has 3 aromatic rings. The normalized spacial score (nSPS) is 11.9. The minimum absolute atomic E-state index is 0.0109. The molecule has 0 aliphatic rings. The number of furan rings is 1. The fraction of sp³-hybridized carbons (Fsp3) is 0.263. The van der Waals surface area contributed by atoms with Crippen molar-refractivity contribution in [3.63, 3.8) is 0 Å². The number of rotatable bonds is 8. The molecule has 6 heteroatoms. The molecule has 132 valence electrons. The number of hydrogen-bond acceptors (Lipinski definition) is 4. The van der Waals surface area contributed by atoms with E-state index in [0.29, 0.717) is 19.5 Å². The second-order valence-electron chi connectivity index (χ2n) is 6.04. The van der Waals surface area contributed by atoms with Crippen LogP contribution in [0.25, 0.3) is 0 Å². The van der Waals surface area contributed by atoms with E-state index in [2.05, 4.69) is 0 Å². The van der Waals surface area contributed by atoms with Crippen LogP contribution in [0.5, 0.6) is 0 Å². The zero-order valence-electron chi connectivity index (χ0n) is 14.1. The predicted molar refractivity (Wildman–Crippen MR) is 101 cm³/mol. The highest BCUT2D eigenvalue weighted by molar-refractivity contribution is 7.88. The summed E-state index contributed by atoms with van der Waals surface area (Å²) in [4.78, 5) is 1.18. The summed E-state index contributed by atoms with van der Waals surface area (Å²) in [6, 6.07) is 13.5. The van der Waals surface area contributed by atoms with E-state index in [9.17, 15) is 8.42 Å². The minimum Gasteiger partial charge on any atom is -0.472 e. The molecule has 0 N–H and O–H groups in total. The largest absolute Gasteiger partial charge is 0.472 e. The van der Waals surface area contributed by atoms with E-state index >= 15 is 0 Å². The molecule has 0 aliphatic carbocycles. The zero-order chi connectivity index (χ0) is 17.7. The highest BCUT2D eigenvalue weighted by atomic mass is 32.2. The van der Waals surface area contributed by atoms with Crippen LogP contribution in [0.3, 0.4) is 0 Å². The second kappa shape index (κ2) is 7.99. The molecule has 0 amide bonds. The van der Waals surface area contributed by atoms with Crippen molar-refractivity contribution in [3.05, 3.63) is 81.9 Å². The molecule has 0 saturated carbocycles. The molecule has 3 rings (SSSR count). The van der Waals surface area contributed by atoms with Gasteiger partial charge in [0.1, 0.15) is 0 Å². The van der Waals surface area contributed by atoms with E-state index in [1.807, 2.05) is 48.7 Å². The van der Waals surface area contributed by atoms with Crippen LogP contribution in [0.2, 0.25) is 0 Å². The van der Waals surface area contributed by atoms with Crippen molar-refractivity contribution in [1.29, 1.82) is 0 Å². The van der Waals surface area contributed by atoms with Crippen LogP contribution in [0, 0.1) is 6.92 Å². The van der Waals surface area contributed by atoms with Crippen molar-refractivity contribution < 1.29 is 12.8 Å². The maximum Gasteiger partial charge on any atom is 0.218 e. The first-order valence-corrected chi connectivity index (χ1v) is 10.6. The van der Waals surface area contributed by atoms with Crippen LogP contribution in [-0.4, -0.2) is 19.3 Å². The molecule has 0 aliphatic heterocycles. The summed E-state index contributed by atoms with van der Waals surface area (Å²) < 4.78 is 32.6. The Hall–Kier alpha value is -1.89. The molecule has 0 atom stereocenters. The molecule has 0 unspecified atom stereocenters. The van der Waals surface area contributed by atoms with Crippen LogP contribution >= 0.6 is 11.3 Å². The van der Waals surface area contributed by atoms with Crippen LogP contribution in [-0.2, 0) is 28.7 Å². The van der Waals surface area contributed by atoms with Gasteiger partial charge in [-0.05, 0) is 36.4 Å². The molecule has 0 spiro atoms. The SMILES string of the molecule is Cc1cccc(CS(=O)(=O)N(CCc2cccs2)Cc2ccoc2)c1. The highest BCUT2D eigenvalue weighted by Crippen LogP contribution is 2.18. The average molecular weight is 376 g/mol. The van der Waals surface area contributed by atoms with E-state index in [0.717, 1.165) is 16.7 Å². The van der Waals surface area contributed by atoms with Gasteiger partial charge in [0.25, 0.3) is 0 Å². The van der Waals surface area contributed by atoms with Gasteiger partial charge in [-0.3, -0.25) is 0 Å². The number of thiophene rings is 1. The molecule has 4 nitrogen and oxygen atoms in total. The summed E-state index contributed by atoms with van der Waals surface area (Å²) >= 11 is 1.65. The van der Waals surface area contributed by atoms with E-state index in [1.54, 1.807) is 34.2 Å². The van der Waals surface area contributed by atoms with Gasteiger partial charge >= 0.3 is 0 Å². The maximum atomic E-state index is 13.0. The lowest BCUT2D eigenvalue weighted by atomic mass is 10.2. The Bertz CT molecular complexity index is 885. The average Bonchev–Trinajstić information content (AvgIpc) is 3.24. The van der Waals surface area contributed by atoms with Crippen molar-refractivity contribution in [3.8, 4) is 0 Å². The number of nitrogens with zero attached hydrogens (tertiary/aromatic N) is 1. The Morgan fingerprint density at radius 3 is 2.68 bits per heavy atom. The Kier molecular flexibility index (Phi) is 5.73. The van der Waals surface area contributed by atoms with Crippen LogP contribution in [0.1, 0.15) is 21.6 Å². The summed E-state index contributed by atoms with van der Waals surface area (Å²) in [6.07, 6.45) is 3.88. The van der Waals surface area contributed by atoms with E-state index < -0.39 is 10.0 Å². The van der Waals surface area contributed by atoms with Gasteiger partial charge < -0.3 is 4.42 Å². The zero-order valence-corrected chi connectivity index (χ0v) is 15.7. The lowest BCUT2D eigenvalue weighted by Gasteiger charge is -2.21. The third-order valence-corrected chi connectivity index (χ3v) is 6.68. The fourth-order valence-corrected chi connectivity index (χ4v) is 4.89. The van der Waals surface area contributed by atoms with E-state index in [-0.39, 0.29) is 5.75 Å². The van der Waals surface area contributed by atoms with Crippen molar-refractivity contribution in [1.82, 2.24) is 4.31 Å². The first kappa shape index (κ1) is 17.9. The van der Waals surface area contributed by atoms with Crippen LogP contribution in [0.15, 0.2) is 64.8 Å². The summed E-state index contributed by atoms with van der Waals surface area (Å²) in [6.45, 7) is 2.76. The smallest absolute Gasteiger partial charge is 0.218 e. The number of hydrogen-bond donors (Lipinski definition) is 0. The molecule has 0 radical (unpaired) electrons. The summed E-state index contributed by atoms with van der Waals surface area (Å²) in [5.41, 5.74) is 2.74. The first-order valence-electron chi connectivity index (χ1n) is 8.10. The molecular weight excluding hydrogens is 354 g/mol. The standard InChI is InChI=1S/C19H21NO3S2/c1-16-4-2-5-17(12-16)15-25(21,22)20(13-18-8-10-23-14-18)9-7-19-6-3-11-24-19/h2-6,8,10-12,14H,7,9,13,15H2,1H3. The van der Waals surface area contributed by atoms with Crippen molar-refractivity contribution in [2.75, 3.05) is 6.54 Å². The number of benzene rings is 1. The quantitative estimate of drug-likeness (QED) is 0.592. The van der Waals surface area contributed by atoms with Crippen molar-refractivity contribution in [2.45, 2.75) is 25.6 Å². The van der Waals surface area contributed by atoms with Gasteiger partial charge in [-0.15, -0.1) is 11.3 Å². The van der Waals surface area contributed by atoms with E-state index in [4.69, 9.17) is 4.42 Å². The Labute approximate surface area is 152 Å². The summed E-state index contributed by atoms with van der Waals surface area (Å²) in [5.74, 6) is 0.0109. The van der Waals surface area contributed by atoms with Crippen LogP contribution < -0.4 is 0 Å². The molecule has 0 fully saturated rings. The molecule has 1 aromatic carbocycles. The molecule has 2 aromatic heterocycles. The number of sulfonamides is 1. The van der Waals surface area contributed by atoms with Gasteiger partial charge in [-0.25, -0.2) is 8.42 Å². The molecule has 0 bridgehead atoms. The fourth-order valence-electron chi connectivity index (χ4n) is 2.70. The highest BCUT2D eigenvalue weighted by Gasteiger charge is 2.23. The van der Waals surface area contributed by atoms with Crippen molar-refractivity contribution in [2.24, 2.45) is 0 Å². The monoisotopic (exact) mass is 375 g/mol. The van der Waals surface area contributed by atoms with Gasteiger partial charge in [0.05, 0.1) is 18.3 Å². The Morgan fingerprint density at radius 2 is 2.00 bits per heavy atom. The molecule has 25 heavy (non-hydrogen) atoms. The van der Waals surface area contributed by atoms with Crippen LogP contribution in [0.4, 0.5) is 0 Å². The van der Waals surface area contributed by atoms with Gasteiger partial charge in [-0.2, -0.15) is 4.31 Å². The maximum absolute atomic E-state index is 13.0. The lowest BCUT2D eigenvalue weighted by molar-refractivity contribution is 0.407. The van der Waals surface area contributed by atoms with Gasteiger partial charge in [0, 0.05) is 23.5 Å². The van der Waals surface area contributed by atoms with Gasteiger partial charge in [-0.1, -0.05) is 35.9 Å². The van der Waals surface area contributed by atoms with Gasteiger partial charge in [0.15, 0.2) is 0 Å².